The molecule has 4 saturated carbocycles. The topological polar surface area (TPSA) is 97.9 Å². The smallest absolute Gasteiger partial charge is 0.321 e. The summed E-state index contributed by atoms with van der Waals surface area (Å²) in [7, 11) is 1.74. The van der Waals surface area contributed by atoms with Crippen molar-refractivity contribution < 1.29 is 4.79 Å². The van der Waals surface area contributed by atoms with Crippen LogP contribution in [0, 0.1) is 23.7 Å². The van der Waals surface area contributed by atoms with Crippen molar-refractivity contribution in [3.8, 4) is 0 Å². The van der Waals surface area contributed by atoms with Crippen LogP contribution in [0.5, 0.6) is 0 Å². The van der Waals surface area contributed by atoms with Crippen LogP contribution in [0.2, 0.25) is 0 Å². The summed E-state index contributed by atoms with van der Waals surface area (Å²) in [5.74, 6) is 3.34. The number of carbonyl (C=O) groups excluding carboxylic acids is 1. The summed E-state index contributed by atoms with van der Waals surface area (Å²) < 4.78 is 1.53. The Morgan fingerprint density at radius 1 is 1.32 bits per heavy atom. The van der Waals surface area contributed by atoms with Gasteiger partial charge in [-0.2, -0.15) is 10.1 Å². The number of amides is 2. The molecule has 120 valence electrons. The summed E-state index contributed by atoms with van der Waals surface area (Å²) in [6.45, 7) is 0.547. The summed E-state index contributed by atoms with van der Waals surface area (Å²) >= 11 is 0. The van der Waals surface area contributed by atoms with Gasteiger partial charge in [0.05, 0.1) is 0 Å². The Morgan fingerprint density at radius 2 is 1.95 bits per heavy atom. The van der Waals surface area contributed by atoms with Gasteiger partial charge in [0.1, 0.15) is 6.33 Å². The SMILES string of the molecule is Cn1ncnc1NC(=O)NCC1(N)C2CC3CC(C2)CC1C3. The third-order valence-electron chi connectivity index (χ3n) is 6.15. The summed E-state index contributed by atoms with van der Waals surface area (Å²) in [6.07, 6.45) is 7.80. The third-order valence-corrected chi connectivity index (χ3v) is 6.15. The van der Waals surface area contributed by atoms with Crippen LogP contribution in [-0.2, 0) is 7.05 Å². The van der Waals surface area contributed by atoms with Gasteiger partial charge in [0.2, 0.25) is 5.95 Å². The van der Waals surface area contributed by atoms with E-state index in [1.807, 2.05) is 0 Å². The van der Waals surface area contributed by atoms with Crippen molar-refractivity contribution >= 4 is 12.0 Å². The summed E-state index contributed by atoms with van der Waals surface area (Å²) in [4.78, 5) is 16.1. The maximum absolute atomic E-state index is 12.1. The maximum atomic E-state index is 12.1. The number of anilines is 1. The molecule has 1 aromatic rings. The Kier molecular flexibility index (Phi) is 3.14. The zero-order chi connectivity index (χ0) is 15.3. The summed E-state index contributed by atoms with van der Waals surface area (Å²) in [5, 5.41) is 9.61. The lowest BCUT2D eigenvalue weighted by molar-refractivity contribution is -0.0528. The van der Waals surface area contributed by atoms with Crippen molar-refractivity contribution in [2.75, 3.05) is 11.9 Å². The van der Waals surface area contributed by atoms with Crippen LogP contribution in [-0.4, -0.2) is 32.9 Å². The minimum atomic E-state index is -0.255. The molecule has 22 heavy (non-hydrogen) atoms. The fourth-order valence-corrected chi connectivity index (χ4v) is 5.14. The van der Waals surface area contributed by atoms with E-state index in [1.54, 1.807) is 7.05 Å². The van der Waals surface area contributed by atoms with Gasteiger partial charge in [-0.1, -0.05) is 0 Å². The fraction of sp³-hybridized carbons (Fsp3) is 0.800. The van der Waals surface area contributed by atoms with Crippen LogP contribution in [0.4, 0.5) is 10.7 Å². The Morgan fingerprint density at radius 3 is 2.50 bits per heavy atom. The Bertz CT molecular complexity index is 554. The number of nitrogens with one attached hydrogen (secondary N) is 2. The van der Waals surface area contributed by atoms with Crippen LogP contribution >= 0.6 is 0 Å². The number of nitrogens with zero attached hydrogens (tertiary/aromatic N) is 3. The van der Waals surface area contributed by atoms with Gasteiger partial charge in [0.15, 0.2) is 0 Å². The standard InChI is InChI=1S/C15H24N6O/c1-21-13(18-8-19-21)20-14(22)17-7-15(16)11-3-9-2-10(5-11)6-12(15)4-9/h8-12H,2-7,16H2,1H3,(H2,17,18,19,20,22). The Hall–Kier alpha value is -1.63. The van der Waals surface area contributed by atoms with E-state index in [9.17, 15) is 4.79 Å². The van der Waals surface area contributed by atoms with Crippen molar-refractivity contribution in [3.63, 3.8) is 0 Å². The normalized spacial score (nSPS) is 39.0. The second-order valence-electron chi connectivity index (χ2n) is 7.43. The predicted molar refractivity (Wildman–Crippen MR) is 82.0 cm³/mol. The monoisotopic (exact) mass is 304 g/mol. The van der Waals surface area contributed by atoms with Crippen LogP contribution in [0.25, 0.3) is 0 Å². The molecule has 7 heteroatoms. The lowest BCUT2D eigenvalue weighted by atomic mass is 9.49. The highest BCUT2D eigenvalue weighted by atomic mass is 16.2. The highest BCUT2D eigenvalue weighted by Gasteiger charge is 2.55. The van der Waals surface area contributed by atoms with Crippen molar-refractivity contribution in [1.82, 2.24) is 20.1 Å². The molecule has 0 radical (unpaired) electrons. The predicted octanol–water partition coefficient (Wildman–Crippen LogP) is 1.09. The molecular formula is C15H24N6O. The molecular weight excluding hydrogens is 280 g/mol. The molecule has 0 aromatic carbocycles. The second-order valence-corrected chi connectivity index (χ2v) is 7.43. The van der Waals surface area contributed by atoms with E-state index >= 15 is 0 Å². The molecule has 4 N–H and O–H groups in total. The fourth-order valence-electron chi connectivity index (χ4n) is 5.14. The number of aryl methyl sites for hydroxylation is 1. The molecule has 0 aliphatic heterocycles. The molecule has 0 atom stereocenters. The first-order valence-electron chi connectivity index (χ1n) is 8.22. The molecule has 4 bridgehead atoms. The molecule has 4 fully saturated rings. The lowest BCUT2D eigenvalue weighted by Crippen LogP contribution is -2.67. The molecule has 4 aliphatic carbocycles. The average molecular weight is 304 g/mol. The first kappa shape index (κ1) is 14.0. The van der Waals surface area contributed by atoms with E-state index < -0.39 is 0 Å². The molecule has 5 rings (SSSR count). The molecule has 0 saturated heterocycles. The number of nitrogens with two attached hydrogens (primary N) is 1. The average Bonchev–Trinajstić information content (AvgIpc) is 2.87. The van der Waals surface area contributed by atoms with E-state index in [-0.39, 0.29) is 11.6 Å². The zero-order valence-electron chi connectivity index (χ0n) is 13.0. The van der Waals surface area contributed by atoms with Crippen LogP contribution in [0.3, 0.4) is 0 Å². The van der Waals surface area contributed by atoms with Gasteiger partial charge in [0, 0.05) is 19.1 Å². The highest BCUT2D eigenvalue weighted by Crippen LogP contribution is 2.57. The van der Waals surface area contributed by atoms with Crippen molar-refractivity contribution in [3.05, 3.63) is 6.33 Å². The van der Waals surface area contributed by atoms with Crippen LogP contribution < -0.4 is 16.4 Å². The molecule has 1 heterocycles. The molecule has 0 spiro atoms. The number of aromatic nitrogens is 3. The lowest BCUT2D eigenvalue weighted by Gasteiger charge is -2.59. The highest BCUT2D eigenvalue weighted by molar-refractivity contribution is 5.87. The first-order valence-corrected chi connectivity index (χ1v) is 8.22. The van der Waals surface area contributed by atoms with E-state index in [0.717, 1.165) is 11.8 Å². The van der Waals surface area contributed by atoms with Gasteiger partial charge in [-0.25, -0.2) is 9.48 Å². The quantitative estimate of drug-likeness (QED) is 0.778. The van der Waals surface area contributed by atoms with Gasteiger partial charge in [-0.15, -0.1) is 0 Å². The number of urea groups is 1. The summed E-state index contributed by atoms with van der Waals surface area (Å²) in [6, 6.07) is -0.255. The van der Waals surface area contributed by atoms with Crippen molar-refractivity contribution in [2.45, 2.75) is 37.6 Å². The third kappa shape index (κ3) is 2.18. The van der Waals surface area contributed by atoms with Gasteiger partial charge < -0.3 is 11.1 Å². The minimum absolute atomic E-state index is 0.232. The number of rotatable bonds is 3. The van der Waals surface area contributed by atoms with Crippen LogP contribution in [0.15, 0.2) is 6.33 Å². The molecule has 2 amide bonds. The zero-order valence-corrected chi connectivity index (χ0v) is 13.0. The Balaban J connectivity index is 1.39. The minimum Gasteiger partial charge on any atom is -0.336 e. The first-order chi connectivity index (χ1) is 10.5. The van der Waals surface area contributed by atoms with E-state index in [0.29, 0.717) is 24.3 Å². The van der Waals surface area contributed by atoms with E-state index in [2.05, 4.69) is 20.7 Å². The number of hydrogen-bond donors (Lipinski definition) is 3. The van der Waals surface area contributed by atoms with E-state index in [1.165, 1.54) is 43.1 Å². The van der Waals surface area contributed by atoms with Gasteiger partial charge in [-0.3, -0.25) is 5.32 Å². The number of hydrogen-bond acceptors (Lipinski definition) is 4. The molecule has 7 nitrogen and oxygen atoms in total. The van der Waals surface area contributed by atoms with E-state index in [4.69, 9.17) is 5.73 Å². The van der Waals surface area contributed by atoms with Crippen molar-refractivity contribution in [1.29, 1.82) is 0 Å². The largest absolute Gasteiger partial charge is 0.336 e. The summed E-state index contributed by atoms with van der Waals surface area (Å²) in [5.41, 5.74) is 6.54. The second kappa shape index (κ2) is 4.94. The Labute approximate surface area is 130 Å². The van der Waals surface area contributed by atoms with Gasteiger partial charge in [-0.05, 0) is 55.8 Å². The van der Waals surface area contributed by atoms with Gasteiger partial charge in [0.25, 0.3) is 0 Å². The molecule has 1 aromatic heterocycles. The van der Waals surface area contributed by atoms with Crippen molar-refractivity contribution in [2.24, 2.45) is 36.5 Å². The van der Waals surface area contributed by atoms with Gasteiger partial charge >= 0.3 is 6.03 Å². The molecule has 0 unspecified atom stereocenters. The van der Waals surface area contributed by atoms with Crippen LogP contribution in [0.1, 0.15) is 32.1 Å². The number of carbonyl (C=O) groups is 1. The molecule has 4 aliphatic rings. The maximum Gasteiger partial charge on any atom is 0.321 e.